The summed E-state index contributed by atoms with van der Waals surface area (Å²) in [7, 11) is 0. The van der Waals surface area contributed by atoms with Gasteiger partial charge in [0.15, 0.2) is 0 Å². The van der Waals surface area contributed by atoms with Crippen molar-refractivity contribution in [3.63, 3.8) is 0 Å². The van der Waals surface area contributed by atoms with Gasteiger partial charge in [-0.15, -0.1) is 0 Å². The van der Waals surface area contributed by atoms with Crippen molar-refractivity contribution in [2.24, 2.45) is 17.6 Å². The predicted molar refractivity (Wildman–Crippen MR) is 52.9 cm³/mol. The largest absolute Gasteiger partial charge is 0.390 e. The normalized spacial score (nSPS) is 19.2. The molecule has 0 aromatic heterocycles. The average molecular weight is 173 g/mol. The van der Waals surface area contributed by atoms with Crippen LogP contribution in [0.1, 0.15) is 40.5 Å². The van der Waals surface area contributed by atoms with Crippen molar-refractivity contribution >= 4 is 0 Å². The molecule has 2 atom stereocenters. The van der Waals surface area contributed by atoms with E-state index < -0.39 is 5.60 Å². The molecule has 0 aromatic carbocycles. The van der Waals surface area contributed by atoms with Gasteiger partial charge in [0.25, 0.3) is 0 Å². The summed E-state index contributed by atoms with van der Waals surface area (Å²) in [5, 5.41) is 9.95. The monoisotopic (exact) mass is 173 g/mol. The molecule has 0 saturated carbocycles. The van der Waals surface area contributed by atoms with Crippen molar-refractivity contribution in [2.45, 2.75) is 46.1 Å². The minimum atomic E-state index is -0.584. The summed E-state index contributed by atoms with van der Waals surface area (Å²) in [6, 6.07) is 0. The third kappa shape index (κ3) is 4.07. The zero-order chi connectivity index (χ0) is 9.78. The Bertz CT molecular complexity index is 121. The van der Waals surface area contributed by atoms with Crippen LogP contribution in [0.4, 0.5) is 0 Å². The van der Waals surface area contributed by atoms with Crippen LogP contribution in [-0.4, -0.2) is 17.3 Å². The first-order valence-electron chi connectivity index (χ1n) is 4.82. The summed E-state index contributed by atoms with van der Waals surface area (Å²) >= 11 is 0. The molecule has 0 heterocycles. The van der Waals surface area contributed by atoms with E-state index in [-0.39, 0.29) is 5.92 Å². The molecule has 0 aliphatic rings. The smallest absolute Gasteiger partial charge is 0.0657 e. The van der Waals surface area contributed by atoms with Gasteiger partial charge < -0.3 is 10.8 Å². The molecule has 0 radical (unpaired) electrons. The summed E-state index contributed by atoms with van der Waals surface area (Å²) in [4.78, 5) is 0. The van der Waals surface area contributed by atoms with Gasteiger partial charge in [-0.25, -0.2) is 0 Å². The lowest BCUT2D eigenvalue weighted by Crippen LogP contribution is -2.37. The maximum absolute atomic E-state index is 9.95. The molecule has 0 aromatic rings. The Hall–Kier alpha value is -0.0800. The van der Waals surface area contributed by atoms with Crippen molar-refractivity contribution < 1.29 is 5.11 Å². The highest BCUT2D eigenvalue weighted by molar-refractivity contribution is 4.79. The fourth-order valence-electron chi connectivity index (χ4n) is 1.08. The molecule has 0 saturated heterocycles. The van der Waals surface area contributed by atoms with E-state index in [4.69, 9.17) is 5.73 Å². The Morgan fingerprint density at radius 3 is 2.17 bits per heavy atom. The van der Waals surface area contributed by atoms with Gasteiger partial charge >= 0.3 is 0 Å². The summed E-state index contributed by atoms with van der Waals surface area (Å²) in [5.41, 5.74) is 4.92. The van der Waals surface area contributed by atoms with Crippen LogP contribution in [0, 0.1) is 11.8 Å². The predicted octanol–water partition coefficient (Wildman–Crippen LogP) is 1.77. The third-order valence-corrected chi connectivity index (χ3v) is 2.64. The van der Waals surface area contributed by atoms with Crippen LogP contribution in [0.5, 0.6) is 0 Å². The second-order valence-electron chi connectivity index (χ2n) is 4.43. The number of aliphatic hydroxyl groups is 1. The molecular weight excluding hydrogens is 150 g/mol. The maximum atomic E-state index is 9.95. The minimum absolute atomic E-state index is 0.191. The average Bonchev–Trinajstić information content (AvgIpc) is 1.99. The molecule has 0 bridgehead atoms. The molecule has 0 amide bonds. The number of rotatable bonds is 5. The number of nitrogens with two attached hydrogens (primary N) is 1. The first kappa shape index (κ1) is 11.9. The number of hydrogen-bond acceptors (Lipinski definition) is 2. The Balaban J connectivity index is 3.86. The summed E-state index contributed by atoms with van der Waals surface area (Å²) in [6.45, 7) is 8.78. The standard InChI is InChI=1S/C10H23NO/c1-8(2)5-6-10(4,12)9(3)7-11/h8-9,12H,5-7,11H2,1-4H3. The van der Waals surface area contributed by atoms with Gasteiger partial charge in [-0.2, -0.15) is 0 Å². The molecule has 0 fully saturated rings. The molecule has 2 unspecified atom stereocenters. The van der Waals surface area contributed by atoms with Crippen molar-refractivity contribution in [1.29, 1.82) is 0 Å². The fourth-order valence-corrected chi connectivity index (χ4v) is 1.08. The van der Waals surface area contributed by atoms with Crippen LogP contribution in [0.25, 0.3) is 0 Å². The summed E-state index contributed by atoms with van der Waals surface area (Å²) < 4.78 is 0. The Morgan fingerprint density at radius 1 is 1.33 bits per heavy atom. The number of hydrogen-bond donors (Lipinski definition) is 2. The van der Waals surface area contributed by atoms with Gasteiger partial charge in [0.05, 0.1) is 5.60 Å². The molecular formula is C10H23NO. The molecule has 2 heteroatoms. The first-order chi connectivity index (χ1) is 5.40. The van der Waals surface area contributed by atoms with E-state index in [1.807, 2.05) is 13.8 Å². The van der Waals surface area contributed by atoms with Crippen LogP contribution < -0.4 is 5.73 Å². The minimum Gasteiger partial charge on any atom is -0.390 e. The molecule has 12 heavy (non-hydrogen) atoms. The van der Waals surface area contributed by atoms with Crippen molar-refractivity contribution in [2.75, 3.05) is 6.54 Å². The SMILES string of the molecule is CC(C)CCC(C)(O)C(C)CN. The molecule has 0 rings (SSSR count). The van der Waals surface area contributed by atoms with E-state index >= 15 is 0 Å². The highest BCUT2D eigenvalue weighted by Gasteiger charge is 2.26. The zero-order valence-electron chi connectivity index (χ0n) is 8.80. The van der Waals surface area contributed by atoms with Crippen molar-refractivity contribution in [1.82, 2.24) is 0 Å². The highest BCUT2D eigenvalue weighted by atomic mass is 16.3. The van der Waals surface area contributed by atoms with Crippen molar-refractivity contribution in [3.8, 4) is 0 Å². The fraction of sp³-hybridized carbons (Fsp3) is 1.00. The quantitative estimate of drug-likeness (QED) is 0.665. The van der Waals surface area contributed by atoms with Gasteiger partial charge in [0.1, 0.15) is 0 Å². The van der Waals surface area contributed by atoms with E-state index in [0.717, 1.165) is 12.8 Å². The zero-order valence-corrected chi connectivity index (χ0v) is 8.80. The van der Waals surface area contributed by atoms with Crippen LogP contribution in [0.15, 0.2) is 0 Å². The van der Waals surface area contributed by atoms with E-state index in [2.05, 4.69) is 13.8 Å². The van der Waals surface area contributed by atoms with Crippen LogP contribution in [0.2, 0.25) is 0 Å². The molecule has 3 N–H and O–H groups in total. The lowest BCUT2D eigenvalue weighted by molar-refractivity contribution is -0.00266. The summed E-state index contributed by atoms with van der Waals surface area (Å²) in [6.07, 6.45) is 1.92. The van der Waals surface area contributed by atoms with Gasteiger partial charge in [-0.1, -0.05) is 20.8 Å². The lowest BCUT2D eigenvalue weighted by atomic mass is 9.85. The lowest BCUT2D eigenvalue weighted by Gasteiger charge is -2.30. The molecule has 0 spiro atoms. The topological polar surface area (TPSA) is 46.2 Å². The first-order valence-corrected chi connectivity index (χ1v) is 4.82. The van der Waals surface area contributed by atoms with Gasteiger partial charge in [-0.3, -0.25) is 0 Å². The second kappa shape index (κ2) is 4.83. The second-order valence-corrected chi connectivity index (χ2v) is 4.43. The summed E-state index contributed by atoms with van der Waals surface area (Å²) in [5.74, 6) is 0.845. The Kier molecular flexibility index (Phi) is 4.80. The molecule has 74 valence electrons. The van der Waals surface area contributed by atoms with E-state index in [1.54, 1.807) is 0 Å². The van der Waals surface area contributed by atoms with Gasteiger partial charge in [-0.05, 0) is 38.1 Å². The van der Waals surface area contributed by atoms with E-state index in [9.17, 15) is 5.11 Å². The molecule has 0 aliphatic heterocycles. The molecule has 0 aliphatic carbocycles. The van der Waals surface area contributed by atoms with E-state index in [1.165, 1.54) is 0 Å². The highest BCUT2D eigenvalue weighted by Crippen LogP contribution is 2.23. The van der Waals surface area contributed by atoms with Crippen LogP contribution in [-0.2, 0) is 0 Å². The van der Waals surface area contributed by atoms with Gasteiger partial charge in [0, 0.05) is 0 Å². The van der Waals surface area contributed by atoms with Gasteiger partial charge in [0.2, 0.25) is 0 Å². The Morgan fingerprint density at radius 2 is 1.83 bits per heavy atom. The molecule has 2 nitrogen and oxygen atoms in total. The van der Waals surface area contributed by atoms with Crippen LogP contribution >= 0.6 is 0 Å². The third-order valence-electron chi connectivity index (χ3n) is 2.64. The van der Waals surface area contributed by atoms with Crippen LogP contribution in [0.3, 0.4) is 0 Å². The van der Waals surface area contributed by atoms with Crippen molar-refractivity contribution in [3.05, 3.63) is 0 Å². The Labute approximate surface area is 76.2 Å². The van der Waals surface area contributed by atoms with E-state index in [0.29, 0.717) is 12.5 Å². The maximum Gasteiger partial charge on any atom is 0.0657 e.